The quantitative estimate of drug-likeness (QED) is 0.658. The van der Waals surface area contributed by atoms with Gasteiger partial charge in [-0.05, 0) is 40.6 Å². The minimum atomic E-state index is -0.275. The zero-order chi connectivity index (χ0) is 16.1. The SMILES string of the molecule is CCC(=O)c1cc(CONC(C)=O)c2cc(OC)ccc2c1. The third-order valence-corrected chi connectivity index (χ3v) is 3.33. The number of methoxy groups -OCH3 is 1. The molecule has 0 aromatic heterocycles. The van der Waals surface area contributed by atoms with Gasteiger partial charge in [0.1, 0.15) is 12.4 Å². The first-order valence-corrected chi connectivity index (χ1v) is 7.07. The summed E-state index contributed by atoms with van der Waals surface area (Å²) in [4.78, 5) is 28.1. The van der Waals surface area contributed by atoms with Crippen molar-refractivity contribution in [2.45, 2.75) is 26.9 Å². The van der Waals surface area contributed by atoms with Crippen LogP contribution in [0, 0.1) is 0 Å². The highest BCUT2D eigenvalue weighted by Gasteiger charge is 2.10. The predicted octanol–water partition coefficient (Wildman–Crippen LogP) is 3.01. The standard InChI is InChI=1S/C17H19NO4/c1-4-17(20)13-7-12-5-6-15(21-3)9-16(12)14(8-13)10-22-18-11(2)19/h5-9H,4,10H2,1-3H3,(H,18,19). The summed E-state index contributed by atoms with van der Waals surface area (Å²) < 4.78 is 5.24. The second kappa shape index (κ2) is 7.04. The first-order chi connectivity index (χ1) is 10.5. The third kappa shape index (κ3) is 3.62. The van der Waals surface area contributed by atoms with Gasteiger partial charge in [0, 0.05) is 18.9 Å². The van der Waals surface area contributed by atoms with Crippen molar-refractivity contribution in [2.24, 2.45) is 0 Å². The molecule has 0 heterocycles. The van der Waals surface area contributed by atoms with E-state index in [1.165, 1.54) is 6.92 Å². The van der Waals surface area contributed by atoms with E-state index in [-0.39, 0.29) is 18.3 Å². The summed E-state index contributed by atoms with van der Waals surface area (Å²) >= 11 is 0. The Morgan fingerprint density at radius 2 is 1.95 bits per heavy atom. The van der Waals surface area contributed by atoms with Crippen LogP contribution in [0.1, 0.15) is 36.2 Å². The minimum absolute atomic E-state index is 0.0681. The highest BCUT2D eigenvalue weighted by atomic mass is 16.6. The highest BCUT2D eigenvalue weighted by molar-refractivity contribution is 6.01. The number of ketones is 1. The smallest absolute Gasteiger partial charge is 0.240 e. The Morgan fingerprint density at radius 3 is 2.59 bits per heavy atom. The average Bonchev–Trinajstić information content (AvgIpc) is 2.53. The number of carbonyl (C=O) groups is 2. The molecule has 22 heavy (non-hydrogen) atoms. The summed E-state index contributed by atoms with van der Waals surface area (Å²) in [6.07, 6.45) is 0.438. The summed E-state index contributed by atoms with van der Waals surface area (Å²) in [5.41, 5.74) is 3.76. The molecular weight excluding hydrogens is 282 g/mol. The van der Waals surface area contributed by atoms with E-state index in [4.69, 9.17) is 9.57 Å². The van der Waals surface area contributed by atoms with E-state index in [2.05, 4.69) is 5.48 Å². The van der Waals surface area contributed by atoms with Crippen molar-refractivity contribution in [2.75, 3.05) is 7.11 Å². The van der Waals surface area contributed by atoms with Crippen LogP contribution in [0.2, 0.25) is 0 Å². The molecule has 0 saturated carbocycles. The Morgan fingerprint density at radius 1 is 1.18 bits per heavy atom. The molecule has 0 fully saturated rings. The number of Topliss-reactive ketones (excluding diaryl/α,β-unsaturated/α-hetero) is 1. The minimum Gasteiger partial charge on any atom is -0.497 e. The van der Waals surface area contributed by atoms with Gasteiger partial charge in [0.2, 0.25) is 5.91 Å². The van der Waals surface area contributed by atoms with E-state index < -0.39 is 0 Å². The van der Waals surface area contributed by atoms with Gasteiger partial charge < -0.3 is 4.74 Å². The normalized spacial score (nSPS) is 10.5. The Labute approximate surface area is 129 Å². The molecule has 5 heteroatoms. The van der Waals surface area contributed by atoms with Crippen molar-refractivity contribution >= 4 is 22.5 Å². The second-order valence-electron chi connectivity index (χ2n) is 4.95. The summed E-state index contributed by atoms with van der Waals surface area (Å²) in [5.74, 6) is 0.518. The Balaban J connectivity index is 2.46. The van der Waals surface area contributed by atoms with Crippen molar-refractivity contribution < 1.29 is 19.2 Å². The second-order valence-corrected chi connectivity index (χ2v) is 4.95. The van der Waals surface area contributed by atoms with Crippen LogP contribution in [0.5, 0.6) is 5.75 Å². The van der Waals surface area contributed by atoms with Crippen LogP contribution in [-0.4, -0.2) is 18.8 Å². The molecule has 2 rings (SSSR count). The Kier molecular flexibility index (Phi) is 5.12. The fourth-order valence-electron chi connectivity index (χ4n) is 2.24. The molecule has 0 atom stereocenters. The molecule has 1 N–H and O–H groups in total. The van der Waals surface area contributed by atoms with Gasteiger partial charge in [-0.15, -0.1) is 0 Å². The lowest BCUT2D eigenvalue weighted by molar-refractivity contribution is -0.132. The Hall–Kier alpha value is -2.40. The molecule has 0 unspecified atom stereocenters. The first-order valence-electron chi connectivity index (χ1n) is 7.07. The fraction of sp³-hybridized carbons (Fsp3) is 0.294. The van der Waals surface area contributed by atoms with E-state index in [0.717, 1.165) is 22.1 Å². The number of ether oxygens (including phenoxy) is 1. The van der Waals surface area contributed by atoms with E-state index in [1.54, 1.807) is 13.2 Å². The molecule has 2 aromatic carbocycles. The molecule has 2 aromatic rings. The molecule has 0 aliphatic rings. The largest absolute Gasteiger partial charge is 0.497 e. The van der Waals surface area contributed by atoms with Crippen LogP contribution in [0.4, 0.5) is 0 Å². The van der Waals surface area contributed by atoms with Gasteiger partial charge in [-0.2, -0.15) is 0 Å². The number of hydrogen-bond acceptors (Lipinski definition) is 4. The van der Waals surface area contributed by atoms with Crippen LogP contribution < -0.4 is 10.2 Å². The molecule has 0 bridgehead atoms. The number of fused-ring (bicyclic) bond motifs is 1. The first kappa shape index (κ1) is 16.0. The summed E-state index contributed by atoms with van der Waals surface area (Å²) in [6, 6.07) is 9.31. The molecule has 0 aliphatic carbocycles. The maximum absolute atomic E-state index is 12.0. The molecule has 116 valence electrons. The molecule has 0 spiro atoms. The van der Waals surface area contributed by atoms with Gasteiger partial charge in [0.05, 0.1) is 7.11 Å². The van der Waals surface area contributed by atoms with Gasteiger partial charge in [0.15, 0.2) is 5.78 Å². The van der Waals surface area contributed by atoms with Crippen LogP contribution in [0.15, 0.2) is 30.3 Å². The maximum atomic E-state index is 12.0. The lowest BCUT2D eigenvalue weighted by atomic mass is 9.98. The number of hydroxylamine groups is 1. The Bertz CT molecular complexity index is 709. The van der Waals surface area contributed by atoms with E-state index >= 15 is 0 Å². The number of nitrogens with one attached hydrogen (secondary N) is 1. The van der Waals surface area contributed by atoms with E-state index in [1.807, 2.05) is 31.2 Å². The fourth-order valence-corrected chi connectivity index (χ4v) is 2.24. The third-order valence-electron chi connectivity index (χ3n) is 3.33. The van der Waals surface area contributed by atoms with E-state index in [9.17, 15) is 9.59 Å². The lowest BCUT2D eigenvalue weighted by Gasteiger charge is -2.11. The lowest BCUT2D eigenvalue weighted by Crippen LogP contribution is -2.20. The molecule has 0 radical (unpaired) electrons. The van der Waals surface area contributed by atoms with Crippen molar-refractivity contribution in [3.05, 3.63) is 41.5 Å². The molecular formula is C17H19NO4. The molecule has 0 aliphatic heterocycles. The van der Waals surface area contributed by atoms with E-state index in [0.29, 0.717) is 12.0 Å². The number of hydrogen-bond donors (Lipinski definition) is 1. The summed E-state index contributed by atoms with van der Waals surface area (Å²) in [7, 11) is 1.60. The van der Waals surface area contributed by atoms with Crippen LogP contribution >= 0.6 is 0 Å². The molecule has 1 amide bonds. The highest BCUT2D eigenvalue weighted by Crippen LogP contribution is 2.26. The number of benzene rings is 2. The van der Waals surface area contributed by atoms with Gasteiger partial charge in [-0.3, -0.25) is 14.4 Å². The molecule has 5 nitrogen and oxygen atoms in total. The van der Waals surface area contributed by atoms with Crippen LogP contribution in [0.3, 0.4) is 0 Å². The number of amides is 1. The zero-order valence-corrected chi connectivity index (χ0v) is 12.9. The van der Waals surface area contributed by atoms with Gasteiger partial charge in [-0.25, -0.2) is 5.48 Å². The zero-order valence-electron chi connectivity index (χ0n) is 12.9. The van der Waals surface area contributed by atoms with Crippen LogP contribution in [-0.2, 0) is 16.2 Å². The van der Waals surface area contributed by atoms with Gasteiger partial charge >= 0.3 is 0 Å². The van der Waals surface area contributed by atoms with Gasteiger partial charge in [0.25, 0.3) is 0 Å². The van der Waals surface area contributed by atoms with Crippen molar-refractivity contribution in [3.63, 3.8) is 0 Å². The van der Waals surface area contributed by atoms with Gasteiger partial charge in [-0.1, -0.05) is 13.0 Å². The molecule has 0 saturated heterocycles. The average molecular weight is 301 g/mol. The summed E-state index contributed by atoms with van der Waals surface area (Å²) in [5, 5.41) is 1.86. The maximum Gasteiger partial charge on any atom is 0.240 e. The van der Waals surface area contributed by atoms with Crippen molar-refractivity contribution in [1.82, 2.24) is 5.48 Å². The monoisotopic (exact) mass is 301 g/mol. The summed E-state index contributed by atoms with van der Waals surface area (Å²) in [6.45, 7) is 3.38. The van der Waals surface area contributed by atoms with Crippen molar-refractivity contribution in [1.29, 1.82) is 0 Å². The van der Waals surface area contributed by atoms with Crippen molar-refractivity contribution in [3.8, 4) is 5.75 Å². The van der Waals surface area contributed by atoms with Crippen LogP contribution in [0.25, 0.3) is 10.8 Å². The number of carbonyl (C=O) groups excluding carboxylic acids is 2. The predicted molar refractivity (Wildman–Crippen MR) is 83.7 cm³/mol. The number of rotatable bonds is 6. The topological polar surface area (TPSA) is 64.6 Å².